The highest BCUT2D eigenvalue weighted by atomic mass is 32.1. The molecule has 2 N–H and O–H groups in total. The molecule has 2 heteroatoms. The second kappa shape index (κ2) is 10.0. The Kier molecular flexibility index (Phi) is 12.5. The van der Waals surface area contributed by atoms with Gasteiger partial charge >= 0.3 is 0 Å². The second-order valence-corrected chi connectivity index (χ2v) is 2.74. The first-order valence-electron chi connectivity index (χ1n) is 4.20. The van der Waals surface area contributed by atoms with E-state index in [-0.39, 0.29) is 0 Å². The summed E-state index contributed by atoms with van der Waals surface area (Å²) < 4.78 is 0. The van der Waals surface area contributed by atoms with E-state index < -0.39 is 0 Å². The molecule has 0 rings (SSSR count). The third kappa shape index (κ3) is 13.1. The molecule has 0 saturated heterocycles. The molecule has 1 unspecified atom stereocenters. The summed E-state index contributed by atoms with van der Waals surface area (Å²) in [6.07, 6.45) is 2.04. The van der Waals surface area contributed by atoms with Gasteiger partial charge in [0.1, 0.15) is 0 Å². The number of rotatable bonds is 4. The summed E-state index contributed by atoms with van der Waals surface area (Å²) in [6, 6.07) is 0.293. The maximum absolute atomic E-state index is 5.53. The minimum atomic E-state index is 0.293. The molecule has 68 valence electrons. The quantitative estimate of drug-likeness (QED) is 0.498. The van der Waals surface area contributed by atoms with Crippen LogP contribution in [0.15, 0.2) is 12.2 Å². The number of nitrogens with two attached hydrogens (primary N) is 1. The monoisotopic (exact) mass is 175 g/mol. The van der Waals surface area contributed by atoms with E-state index in [0.717, 1.165) is 18.6 Å². The summed E-state index contributed by atoms with van der Waals surface area (Å²) in [6.45, 7) is 9.82. The van der Waals surface area contributed by atoms with Gasteiger partial charge in [-0.3, -0.25) is 0 Å². The molecular formula is C9H21NS. The first kappa shape index (κ1) is 13.6. The van der Waals surface area contributed by atoms with Crippen molar-refractivity contribution in [2.24, 2.45) is 5.73 Å². The van der Waals surface area contributed by atoms with Crippen LogP contribution in [0.4, 0.5) is 0 Å². The molecule has 0 aliphatic heterocycles. The van der Waals surface area contributed by atoms with Crippen molar-refractivity contribution in [3.05, 3.63) is 12.2 Å². The molecule has 0 aliphatic rings. The summed E-state index contributed by atoms with van der Waals surface area (Å²) in [5.74, 6) is 0.784. The molecule has 0 radical (unpaired) electrons. The second-order valence-electron chi connectivity index (χ2n) is 2.42. The third-order valence-electron chi connectivity index (χ3n) is 1.18. The maximum Gasteiger partial charge on any atom is 0.0110 e. The predicted molar refractivity (Wildman–Crippen MR) is 57.2 cm³/mol. The molecule has 0 aromatic carbocycles. The molecule has 0 fully saturated rings. The van der Waals surface area contributed by atoms with E-state index in [4.69, 9.17) is 5.73 Å². The van der Waals surface area contributed by atoms with Crippen LogP contribution in [0.25, 0.3) is 0 Å². The van der Waals surface area contributed by atoms with Gasteiger partial charge in [0, 0.05) is 11.8 Å². The smallest absolute Gasteiger partial charge is 0.0110 e. The zero-order valence-electron chi connectivity index (χ0n) is 7.93. The molecule has 0 aliphatic carbocycles. The normalized spacial score (nSPS) is 11.4. The third-order valence-corrected chi connectivity index (χ3v) is 1.62. The molecule has 1 nitrogen and oxygen atoms in total. The standard InChI is InChI=1S/C7H15NS.C2H6/c1-6(5-9)3-4-7(2)8;1-2/h7,9H,1,3-5,8H2,2H3;1-2H3. The Morgan fingerprint density at radius 3 is 2.27 bits per heavy atom. The summed E-state index contributed by atoms with van der Waals surface area (Å²) in [5, 5.41) is 0. The van der Waals surface area contributed by atoms with Gasteiger partial charge in [-0.2, -0.15) is 12.6 Å². The van der Waals surface area contributed by atoms with Crippen LogP contribution in [-0.2, 0) is 0 Å². The molecule has 1 atom stereocenters. The molecule has 11 heavy (non-hydrogen) atoms. The van der Waals surface area contributed by atoms with Crippen LogP contribution in [0.3, 0.4) is 0 Å². The van der Waals surface area contributed by atoms with Crippen molar-refractivity contribution in [3.63, 3.8) is 0 Å². The lowest BCUT2D eigenvalue weighted by molar-refractivity contribution is 0.664. The highest BCUT2D eigenvalue weighted by Gasteiger charge is 1.94. The lowest BCUT2D eigenvalue weighted by atomic mass is 10.1. The van der Waals surface area contributed by atoms with Crippen molar-refractivity contribution in [1.29, 1.82) is 0 Å². The van der Waals surface area contributed by atoms with Crippen LogP contribution in [0.2, 0.25) is 0 Å². The average molecular weight is 175 g/mol. The lowest BCUT2D eigenvalue weighted by Crippen LogP contribution is -2.14. The lowest BCUT2D eigenvalue weighted by Gasteiger charge is -2.04. The molecule has 0 bridgehead atoms. The minimum Gasteiger partial charge on any atom is -0.328 e. The van der Waals surface area contributed by atoms with Gasteiger partial charge in [-0.1, -0.05) is 26.0 Å². The van der Waals surface area contributed by atoms with Crippen LogP contribution in [0.1, 0.15) is 33.6 Å². The summed E-state index contributed by atoms with van der Waals surface area (Å²) in [7, 11) is 0. The van der Waals surface area contributed by atoms with Gasteiger partial charge in [0.05, 0.1) is 0 Å². The van der Waals surface area contributed by atoms with Gasteiger partial charge in [0.15, 0.2) is 0 Å². The predicted octanol–water partition coefficient (Wildman–Crippen LogP) is 2.63. The maximum atomic E-state index is 5.53. The van der Waals surface area contributed by atoms with Gasteiger partial charge in [0.25, 0.3) is 0 Å². The number of hydrogen-bond acceptors (Lipinski definition) is 2. The molecule has 0 aromatic rings. The average Bonchev–Trinajstić information content (AvgIpc) is 2.04. The van der Waals surface area contributed by atoms with Crippen LogP contribution < -0.4 is 5.73 Å². The number of thiol groups is 1. The zero-order chi connectivity index (χ0) is 9.28. The molecule has 0 heterocycles. The van der Waals surface area contributed by atoms with E-state index in [1.165, 1.54) is 5.57 Å². The highest BCUT2D eigenvalue weighted by molar-refractivity contribution is 7.80. The summed E-state index contributed by atoms with van der Waals surface area (Å²) in [5.41, 5.74) is 6.71. The van der Waals surface area contributed by atoms with Crippen molar-refractivity contribution in [2.45, 2.75) is 39.7 Å². The largest absolute Gasteiger partial charge is 0.328 e. The van der Waals surface area contributed by atoms with Gasteiger partial charge in [-0.15, -0.1) is 0 Å². The molecule has 0 spiro atoms. The summed E-state index contributed by atoms with van der Waals surface area (Å²) >= 11 is 4.08. The van der Waals surface area contributed by atoms with E-state index in [1.54, 1.807) is 0 Å². The van der Waals surface area contributed by atoms with Crippen LogP contribution in [0, 0.1) is 0 Å². The zero-order valence-corrected chi connectivity index (χ0v) is 8.82. The fourth-order valence-electron chi connectivity index (χ4n) is 0.511. The van der Waals surface area contributed by atoms with E-state index in [2.05, 4.69) is 19.2 Å². The van der Waals surface area contributed by atoms with Crippen molar-refractivity contribution in [2.75, 3.05) is 5.75 Å². The van der Waals surface area contributed by atoms with E-state index in [1.807, 2.05) is 20.8 Å². The number of hydrogen-bond donors (Lipinski definition) is 2. The van der Waals surface area contributed by atoms with Crippen molar-refractivity contribution >= 4 is 12.6 Å². The molecule has 0 saturated carbocycles. The Bertz CT molecular complexity index is 89.6. The topological polar surface area (TPSA) is 26.0 Å². The molecule has 0 aromatic heterocycles. The Hall–Kier alpha value is 0.0500. The van der Waals surface area contributed by atoms with Crippen molar-refractivity contribution in [3.8, 4) is 0 Å². The Balaban J connectivity index is 0. The van der Waals surface area contributed by atoms with E-state index in [0.29, 0.717) is 6.04 Å². The van der Waals surface area contributed by atoms with Gasteiger partial charge in [0.2, 0.25) is 0 Å². The van der Waals surface area contributed by atoms with Gasteiger partial charge in [-0.05, 0) is 19.8 Å². The highest BCUT2D eigenvalue weighted by Crippen LogP contribution is 2.04. The van der Waals surface area contributed by atoms with Crippen LogP contribution in [0.5, 0.6) is 0 Å². The SMILES string of the molecule is C=C(CS)CCC(C)N.CC. The van der Waals surface area contributed by atoms with Gasteiger partial charge < -0.3 is 5.73 Å². The van der Waals surface area contributed by atoms with Crippen LogP contribution >= 0.6 is 12.6 Å². The summed E-state index contributed by atoms with van der Waals surface area (Å²) in [4.78, 5) is 0. The Labute approximate surface area is 76.5 Å². The van der Waals surface area contributed by atoms with E-state index in [9.17, 15) is 0 Å². The first-order valence-corrected chi connectivity index (χ1v) is 4.83. The van der Waals surface area contributed by atoms with Crippen molar-refractivity contribution < 1.29 is 0 Å². The van der Waals surface area contributed by atoms with Crippen LogP contribution in [-0.4, -0.2) is 11.8 Å². The molecular weight excluding hydrogens is 154 g/mol. The Morgan fingerprint density at radius 1 is 1.55 bits per heavy atom. The Morgan fingerprint density at radius 2 is 2.00 bits per heavy atom. The van der Waals surface area contributed by atoms with E-state index >= 15 is 0 Å². The van der Waals surface area contributed by atoms with Crippen molar-refractivity contribution in [1.82, 2.24) is 0 Å². The minimum absolute atomic E-state index is 0.293. The molecule has 0 amide bonds. The fraction of sp³-hybridized carbons (Fsp3) is 0.778. The first-order chi connectivity index (χ1) is 5.16. The fourth-order valence-corrected chi connectivity index (χ4v) is 0.669. The van der Waals surface area contributed by atoms with Gasteiger partial charge in [-0.25, -0.2) is 0 Å².